The minimum atomic E-state index is -0.547. The van der Waals surface area contributed by atoms with E-state index in [1.165, 1.54) is 24.3 Å². The summed E-state index contributed by atoms with van der Waals surface area (Å²) in [7, 11) is 0. The van der Waals surface area contributed by atoms with Crippen LogP contribution in [0.5, 0.6) is 0 Å². The van der Waals surface area contributed by atoms with E-state index in [1.54, 1.807) is 6.08 Å². The van der Waals surface area contributed by atoms with Crippen LogP contribution in [-0.4, -0.2) is 10.8 Å². The maximum Gasteiger partial charge on any atom is 0.271 e. The number of nitrogens with two attached hydrogens (primary N) is 1. The van der Waals surface area contributed by atoms with E-state index in [0.29, 0.717) is 0 Å². The highest BCUT2D eigenvalue weighted by atomic mass is 16.6. The first kappa shape index (κ1) is 14.3. The van der Waals surface area contributed by atoms with Crippen molar-refractivity contribution in [1.29, 1.82) is 0 Å². The number of benzene rings is 2. The fourth-order valence-corrected chi connectivity index (χ4v) is 1.68. The van der Waals surface area contributed by atoms with Gasteiger partial charge in [0.15, 0.2) is 0 Å². The van der Waals surface area contributed by atoms with Crippen molar-refractivity contribution < 1.29 is 9.72 Å². The molecule has 0 aromatic heterocycles. The SMILES string of the molecule is Nc1ccc([N+](=O)[O-])cc1NC(=O)/C=C/c1ccccc1. The summed E-state index contributed by atoms with van der Waals surface area (Å²) in [6.07, 6.45) is 2.98. The Morgan fingerprint density at radius 2 is 1.90 bits per heavy atom. The molecule has 0 heterocycles. The number of rotatable bonds is 4. The highest BCUT2D eigenvalue weighted by Crippen LogP contribution is 2.24. The monoisotopic (exact) mass is 283 g/mol. The van der Waals surface area contributed by atoms with Crippen molar-refractivity contribution in [3.63, 3.8) is 0 Å². The highest BCUT2D eigenvalue weighted by molar-refractivity contribution is 6.03. The lowest BCUT2D eigenvalue weighted by Gasteiger charge is -2.05. The van der Waals surface area contributed by atoms with Crippen LogP contribution >= 0.6 is 0 Å². The van der Waals surface area contributed by atoms with Crippen molar-refractivity contribution in [2.45, 2.75) is 0 Å². The summed E-state index contributed by atoms with van der Waals surface area (Å²) in [6, 6.07) is 13.2. The number of hydrogen-bond donors (Lipinski definition) is 2. The molecule has 0 aliphatic heterocycles. The minimum Gasteiger partial charge on any atom is -0.397 e. The number of nitrogens with zero attached hydrogens (tertiary/aromatic N) is 1. The van der Waals surface area contributed by atoms with Crippen molar-refractivity contribution in [2.75, 3.05) is 11.1 Å². The standard InChI is InChI=1S/C15H13N3O3/c16-13-8-7-12(18(20)21)10-14(13)17-15(19)9-6-11-4-2-1-3-5-11/h1-10H,16H2,(H,17,19)/b9-6+. The summed E-state index contributed by atoms with van der Waals surface area (Å²) in [5.41, 5.74) is 6.91. The van der Waals surface area contributed by atoms with Crippen molar-refractivity contribution in [2.24, 2.45) is 0 Å². The lowest BCUT2D eigenvalue weighted by Crippen LogP contribution is -2.10. The maximum absolute atomic E-state index is 11.8. The Hall–Kier alpha value is -3.15. The van der Waals surface area contributed by atoms with E-state index in [0.717, 1.165) is 5.56 Å². The Kier molecular flexibility index (Phi) is 4.30. The lowest BCUT2D eigenvalue weighted by atomic mass is 10.2. The molecule has 1 amide bonds. The van der Waals surface area contributed by atoms with E-state index in [4.69, 9.17) is 5.73 Å². The van der Waals surface area contributed by atoms with Gasteiger partial charge in [0.2, 0.25) is 5.91 Å². The zero-order chi connectivity index (χ0) is 15.2. The molecule has 2 rings (SSSR count). The molecular weight excluding hydrogens is 270 g/mol. The van der Waals surface area contributed by atoms with Crippen molar-refractivity contribution in [3.8, 4) is 0 Å². The third-order valence-electron chi connectivity index (χ3n) is 2.73. The second-order valence-electron chi connectivity index (χ2n) is 4.26. The second kappa shape index (κ2) is 6.33. The van der Waals surface area contributed by atoms with Crippen LogP contribution in [0.4, 0.5) is 17.1 Å². The lowest BCUT2D eigenvalue weighted by molar-refractivity contribution is -0.384. The third-order valence-corrected chi connectivity index (χ3v) is 2.73. The van der Waals surface area contributed by atoms with Gasteiger partial charge in [-0.1, -0.05) is 30.3 Å². The highest BCUT2D eigenvalue weighted by Gasteiger charge is 2.10. The number of non-ortho nitro benzene ring substituents is 1. The predicted molar refractivity (Wildman–Crippen MR) is 81.6 cm³/mol. The molecule has 6 heteroatoms. The summed E-state index contributed by atoms with van der Waals surface area (Å²) >= 11 is 0. The smallest absolute Gasteiger partial charge is 0.271 e. The van der Waals surface area contributed by atoms with Gasteiger partial charge < -0.3 is 11.1 Å². The number of nitro benzene ring substituents is 1. The largest absolute Gasteiger partial charge is 0.397 e. The first-order valence-electron chi connectivity index (χ1n) is 6.14. The molecule has 2 aromatic rings. The summed E-state index contributed by atoms with van der Waals surface area (Å²) in [5, 5.41) is 13.2. The number of nitrogen functional groups attached to an aromatic ring is 1. The normalized spacial score (nSPS) is 10.5. The van der Waals surface area contributed by atoms with Gasteiger partial charge in [0.25, 0.3) is 5.69 Å². The Morgan fingerprint density at radius 3 is 2.57 bits per heavy atom. The molecule has 3 N–H and O–H groups in total. The van der Waals surface area contributed by atoms with Gasteiger partial charge in [-0.05, 0) is 17.7 Å². The molecule has 2 aromatic carbocycles. The minimum absolute atomic E-state index is 0.133. The van der Waals surface area contributed by atoms with Crippen molar-refractivity contribution in [1.82, 2.24) is 0 Å². The van der Waals surface area contributed by atoms with E-state index >= 15 is 0 Å². The Labute approximate surface area is 121 Å². The topological polar surface area (TPSA) is 98.3 Å². The average molecular weight is 283 g/mol. The van der Waals surface area contributed by atoms with Crippen LogP contribution in [0.15, 0.2) is 54.6 Å². The van der Waals surface area contributed by atoms with Crippen LogP contribution in [0.3, 0.4) is 0 Å². The van der Waals surface area contributed by atoms with Crippen LogP contribution in [0, 0.1) is 10.1 Å². The van der Waals surface area contributed by atoms with Crippen molar-refractivity contribution in [3.05, 3.63) is 70.3 Å². The van der Waals surface area contributed by atoms with Crippen molar-refractivity contribution >= 4 is 29.0 Å². The van der Waals surface area contributed by atoms with E-state index in [1.807, 2.05) is 30.3 Å². The molecule has 0 unspecified atom stereocenters. The average Bonchev–Trinajstić information content (AvgIpc) is 2.48. The quantitative estimate of drug-likeness (QED) is 0.390. The molecule has 0 aliphatic carbocycles. The van der Waals surface area contributed by atoms with Crippen LogP contribution in [0.2, 0.25) is 0 Å². The van der Waals surface area contributed by atoms with Gasteiger partial charge in [-0.15, -0.1) is 0 Å². The van der Waals surface area contributed by atoms with Crippen LogP contribution in [0.1, 0.15) is 5.56 Å². The van der Waals surface area contributed by atoms with E-state index < -0.39 is 10.8 Å². The summed E-state index contributed by atoms with van der Waals surface area (Å²) in [6.45, 7) is 0. The fourth-order valence-electron chi connectivity index (χ4n) is 1.68. The van der Waals surface area contributed by atoms with Gasteiger partial charge in [-0.2, -0.15) is 0 Å². The first-order chi connectivity index (χ1) is 10.1. The Balaban J connectivity index is 2.11. The van der Waals surface area contributed by atoms with Gasteiger partial charge in [0, 0.05) is 18.2 Å². The number of amides is 1. The van der Waals surface area contributed by atoms with Gasteiger partial charge in [0.05, 0.1) is 16.3 Å². The molecule has 0 saturated heterocycles. The van der Waals surface area contributed by atoms with Crippen LogP contribution < -0.4 is 11.1 Å². The second-order valence-corrected chi connectivity index (χ2v) is 4.26. The summed E-state index contributed by atoms with van der Waals surface area (Å²) < 4.78 is 0. The molecule has 0 aliphatic rings. The Bertz CT molecular complexity index is 697. The maximum atomic E-state index is 11.8. The molecule has 6 nitrogen and oxygen atoms in total. The molecule has 0 fully saturated rings. The van der Waals surface area contributed by atoms with E-state index in [9.17, 15) is 14.9 Å². The molecule has 0 saturated carbocycles. The number of hydrogen-bond acceptors (Lipinski definition) is 4. The predicted octanol–water partition coefficient (Wildman–Crippen LogP) is 2.83. The van der Waals surface area contributed by atoms with Gasteiger partial charge in [0.1, 0.15) is 0 Å². The Morgan fingerprint density at radius 1 is 1.19 bits per heavy atom. The molecular formula is C15H13N3O3. The van der Waals surface area contributed by atoms with E-state index in [2.05, 4.69) is 5.32 Å². The molecule has 0 bridgehead atoms. The van der Waals surface area contributed by atoms with Gasteiger partial charge in [-0.3, -0.25) is 14.9 Å². The van der Waals surface area contributed by atoms with Gasteiger partial charge >= 0.3 is 0 Å². The number of anilines is 2. The summed E-state index contributed by atoms with van der Waals surface area (Å²) in [4.78, 5) is 21.9. The number of nitrogens with one attached hydrogen (secondary N) is 1. The molecule has 106 valence electrons. The zero-order valence-corrected chi connectivity index (χ0v) is 11.0. The zero-order valence-electron chi connectivity index (χ0n) is 11.0. The third kappa shape index (κ3) is 3.90. The molecule has 0 atom stereocenters. The van der Waals surface area contributed by atoms with E-state index in [-0.39, 0.29) is 17.1 Å². The fraction of sp³-hybridized carbons (Fsp3) is 0. The number of nitro groups is 1. The summed E-state index contributed by atoms with van der Waals surface area (Å²) in [5.74, 6) is -0.411. The van der Waals surface area contributed by atoms with Crippen LogP contribution in [-0.2, 0) is 4.79 Å². The van der Waals surface area contributed by atoms with Crippen LogP contribution in [0.25, 0.3) is 6.08 Å². The molecule has 21 heavy (non-hydrogen) atoms. The first-order valence-corrected chi connectivity index (χ1v) is 6.14. The number of carbonyl (C=O) groups is 1. The molecule has 0 spiro atoms. The van der Waals surface area contributed by atoms with Gasteiger partial charge in [-0.25, -0.2) is 0 Å². The number of carbonyl (C=O) groups excluding carboxylic acids is 1. The molecule has 0 radical (unpaired) electrons.